The van der Waals surface area contributed by atoms with Crippen LogP contribution in [0, 0.1) is 0 Å². The Balaban J connectivity index is 1.66. The van der Waals surface area contributed by atoms with E-state index in [9.17, 15) is 14.3 Å². The Labute approximate surface area is 143 Å². The van der Waals surface area contributed by atoms with E-state index in [0.29, 0.717) is 5.56 Å². The summed E-state index contributed by atoms with van der Waals surface area (Å²) in [5.41, 5.74) is 0.685. The Bertz CT molecular complexity index is 951. The van der Waals surface area contributed by atoms with Crippen LogP contribution in [-0.2, 0) is 15.7 Å². The van der Waals surface area contributed by atoms with Crippen molar-refractivity contribution in [1.29, 1.82) is 0 Å². The van der Waals surface area contributed by atoms with Gasteiger partial charge in [-0.15, -0.1) is 0 Å². The molecule has 2 N–H and O–H groups in total. The molecule has 0 fully saturated rings. The summed E-state index contributed by atoms with van der Waals surface area (Å²) in [7, 11) is -4.31. The standard InChI is InChI=1S/C18H15O6P/c19-18(20)15-7-5-13(6-8-15)12-23-25(21,22)24-17-10-9-14-3-1-2-4-16(14)11-17/h1-11H,12H2,(H,19,20)(H,21,22). The molecule has 6 nitrogen and oxygen atoms in total. The van der Waals surface area contributed by atoms with Gasteiger partial charge in [0.1, 0.15) is 5.75 Å². The molecule has 7 heteroatoms. The van der Waals surface area contributed by atoms with Gasteiger partial charge in [0, 0.05) is 0 Å². The fraction of sp³-hybridized carbons (Fsp3) is 0.0556. The van der Waals surface area contributed by atoms with Crippen molar-refractivity contribution in [2.45, 2.75) is 6.61 Å². The van der Waals surface area contributed by atoms with Crippen LogP contribution in [0.1, 0.15) is 15.9 Å². The maximum Gasteiger partial charge on any atom is 0.527 e. The van der Waals surface area contributed by atoms with E-state index >= 15 is 0 Å². The van der Waals surface area contributed by atoms with Gasteiger partial charge in [0.05, 0.1) is 12.2 Å². The number of fused-ring (bicyclic) bond motifs is 1. The van der Waals surface area contributed by atoms with Gasteiger partial charge >= 0.3 is 13.8 Å². The van der Waals surface area contributed by atoms with E-state index in [2.05, 4.69) is 0 Å². The van der Waals surface area contributed by atoms with E-state index in [-0.39, 0.29) is 17.9 Å². The van der Waals surface area contributed by atoms with Crippen LogP contribution < -0.4 is 4.52 Å². The van der Waals surface area contributed by atoms with Crippen molar-refractivity contribution in [3.05, 3.63) is 77.9 Å². The highest BCUT2D eigenvalue weighted by molar-refractivity contribution is 7.47. The predicted molar refractivity (Wildman–Crippen MR) is 92.6 cm³/mol. The molecule has 0 bridgehead atoms. The zero-order valence-corrected chi connectivity index (χ0v) is 13.9. The second-order valence-electron chi connectivity index (χ2n) is 5.34. The molecule has 3 aromatic rings. The Morgan fingerprint density at radius 2 is 1.64 bits per heavy atom. The molecular formula is C18H15O6P. The van der Waals surface area contributed by atoms with Gasteiger partial charge in [-0.05, 0) is 40.6 Å². The first-order chi connectivity index (χ1) is 11.9. The van der Waals surface area contributed by atoms with Gasteiger partial charge in [-0.2, -0.15) is 0 Å². The lowest BCUT2D eigenvalue weighted by Crippen LogP contribution is -1.99. The van der Waals surface area contributed by atoms with Crippen LogP contribution in [0.25, 0.3) is 10.8 Å². The number of carboxylic acid groups (broad SMARTS) is 1. The van der Waals surface area contributed by atoms with Gasteiger partial charge in [-0.1, -0.05) is 42.5 Å². The van der Waals surface area contributed by atoms with Crippen LogP contribution in [0.4, 0.5) is 0 Å². The summed E-state index contributed by atoms with van der Waals surface area (Å²) in [6.07, 6.45) is 0. The second-order valence-corrected chi connectivity index (χ2v) is 6.72. The van der Waals surface area contributed by atoms with Crippen LogP contribution in [-0.4, -0.2) is 16.0 Å². The number of hydrogen-bond donors (Lipinski definition) is 2. The molecule has 1 atom stereocenters. The smallest absolute Gasteiger partial charge is 0.478 e. The number of phosphoric acid groups is 1. The molecule has 0 saturated heterocycles. The maximum absolute atomic E-state index is 12.1. The molecule has 0 aliphatic carbocycles. The molecule has 0 saturated carbocycles. The van der Waals surface area contributed by atoms with Gasteiger partial charge in [-0.3, -0.25) is 9.42 Å². The minimum Gasteiger partial charge on any atom is -0.478 e. The molecule has 0 amide bonds. The lowest BCUT2D eigenvalue weighted by Gasteiger charge is -2.13. The largest absolute Gasteiger partial charge is 0.527 e. The summed E-state index contributed by atoms with van der Waals surface area (Å²) in [6.45, 7) is -0.179. The first-order valence-corrected chi connectivity index (χ1v) is 8.90. The van der Waals surface area contributed by atoms with Crippen molar-refractivity contribution in [2.24, 2.45) is 0 Å². The maximum atomic E-state index is 12.1. The van der Waals surface area contributed by atoms with Crippen molar-refractivity contribution in [3.63, 3.8) is 0 Å². The average molecular weight is 358 g/mol. The minimum atomic E-state index is -4.31. The van der Waals surface area contributed by atoms with Gasteiger partial charge < -0.3 is 9.63 Å². The molecular weight excluding hydrogens is 343 g/mol. The Morgan fingerprint density at radius 3 is 2.32 bits per heavy atom. The summed E-state index contributed by atoms with van der Waals surface area (Å²) >= 11 is 0. The normalized spacial score (nSPS) is 13.3. The molecule has 0 radical (unpaired) electrons. The van der Waals surface area contributed by atoms with Gasteiger partial charge in [-0.25, -0.2) is 9.36 Å². The topological polar surface area (TPSA) is 93.1 Å². The number of hydrogen-bond acceptors (Lipinski definition) is 4. The highest BCUT2D eigenvalue weighted by Gasteiger charge is 2.23. The van der Waals surface area contributed by atoms with Gasteiger partial charge in [0.25, 0.3) is 0 Å². The monoisotopic (exact) mass is 358 g/mol. The van der Waals surface area contributed by atoms with Crippen molar-refractivity contribution in [1.82, 2.24) is 0 Å². The first-order valence-electron chi connectivity index (χ1n) is 7.41. The first kappa shape index (κ1) is 17.2. The van der Waals surface area contributed by atoms with E-state index in [1.165, 1.54) is 24.3 Å². The molecule has 25 heavy (non-hydrogen) atoms. The van der Waals surface area contributed by atoms with Crippen LogP contribution in [0.5, 0.6) is 5.75 Å². The Kier molecular flexibility index (Phi) is 4.86. The molecule has 0 aliphatic heterocycles. The number of phosphoric ester groups is 1. The lowest BCUT2D eigenvalue weighted by molar-refractivity contribution is 0.0696. The van der Waals surface area contributed by atoms with Crippen molar-refractivity contribution in [2.75, 3.05) is 0 Å². The molecule has 1 unspecified atom stereocenters. The van der Waals surface area contributed by atoms with Crippen molar-refractivity contribution >= 4 is 24.6 Å². The van der Waals surface area contributed by atoms with Crippen molar-refractivity contribution < 1.29 is 28.4 Å². The van der Waals surface area contributed by atoms with E-state index in [1.807, 2.05) is 24.3 Å². The third-order valence-electron chi connectivity index (χ3n) is 3.54. The predicted octanol–water partition coefficient (Wildman–Crippen LogP) is 4.23. The van der Waals surface area contributed by atoms with E-state index in [0.717, 1.165) is 10.8 Å². The SMILES string of the molecule is O=C(O)c1ccc(COP(=O)(O)Oc2ccc3ccccc3c2)cc1. The molecule has 0 spiro atoms. The third kappa shape index (κ3) is 4.45. The molecule has 128 valence electrons. The van der Waals surface area contributed by atoms with Crippen LogP contribution >= 0.6 is 7.82 Å². The van der Waals surface area contributed by atoms with Crippen LogP contribution in [0.3, 0.4) is 0 Å². The molecule has 3 rings (SSSR count). The summed E-state index contributed by atoms with van der Waals surface area (Å²) < 4.78 is 22.1. The van der Waals surface area contributed by atoms with Crippen molar-refractivity contribution in [3.8, 4) is 5.75 Å². The lowest BCUT2D eigenvalue weighted by atomic mass is 10.1. The highest BCUT2D eigenvalue weighted by Crippen LogP contribution is 2.45. The molecule has 3 aromatic carbocycles. The zero-order valence-electron chi connectivity index (χ0n) is 13.0. The van der Waals surface area contributed by atoms with Crippen LogP contribution in [0.15, 0.2) is 66.7 Å². The zero-order chi connectivity index (χ0) is 17.9. The van der Waals surface area contributed by atoms with E-state index in [4.69, 9.17) is 14.2 Å². The number of rotatable bonds is 6. The minimum absolute atomic E-state index is 0.128. The summed E-state index contributed by atoms with van der Waals surface area (Å²) in [4.78, 5) is 20.7. The van der Waals surface area contributed by atoms with Gasteiger partial charge in [0.15, 0.2) is 0 Å². The van der Waals surface area contributed by atoms with E-state index < -0.39 is 13.8 Å². The fourth-order valence-electron chi connectivity index (χ4n) is 2.28. The molecule has 0 aliphatic rings. The number of carbonyl (C=O) groups is 1. The molecule has 0 aromatic heterocycles. The molecule has 0 heterocycles. The van der Waals surface area contributed by atoms with Crippen LogP contribution in [0.2, 0.25) is 0 Å². The third-order valence-corrected chi connectivity index (χ3v) is 4.43. The summed E-state index contributed by atoms with van der Waals surface area (Å²) in [5.74, 6) is -0.814. The average Bonchev–Trinajstić information content (AvgIpc) is 2.60. The number of benzene rings is 3. The number of aromatic carboxylic acids is 1. The Morgan fingerprint density at radius 1 is 0.960 bits per heavy atom. The second kappa shape index (κ2) is 7.07. The quantitative estimate of drug-likeness (QED) is 0.641. The highest BCUT2D eigenvalue weighted by atomic mass is 31.2. The van der Waals surface area contributed by atoms with E-state index in [1.54, 1.807) is 18.2 Å². The fourth-order valence-corrected chi connectivity index (χ4v) is 3.03. The Hall–Kier alpha value is -2.66. The van der Waals surface area contributed by atoms with Gasteiger partial charge in [0.2, 0.25) is 0 Å². The summed E-state index contributed by atoms with van der Waals surface area (Å²) in [5, 5.41) is 10.7. The number of carboxylic acids is 1. The summed E-state index contributed by atoms with van der Waals surface area (Å²) in [6, 6.07) is 18.4.